The van der Waals surface area contributed by atoms with Gasteiger partial charge in [-0.3, -0.25) is 14.4 Å². The molecule has 2 aliphatic heterocycles. The number of carboxylic acid groups (broad SMARTS) is 1. The van der Waals surface area contributed by atoms with Crippen LogP contribution in [0.5, 0.6) is 0 Å². The highest BCUT2D eigenvalue weighted by Gasteiger charge is 2.44. The van der Waals surface area contributed by atoms with Gasteiger partial charge in [0, 0.05) is 31.8 Å². The van der Waals surface area contributed by atoms with Crippen molar-refractivity contribution in [1.82, 2.24) is 4.90 Å². The number of piperidine rings is 2. The number of carbonyl (C=O) groups excluding carboxylic acids is 2. The van der Waals surface area contributed by atoms with Gasteiger partial charge in [0.05, 0.1) is 5.92 Å². The van der Waals surface area contributed by atoms with Crippen molar-refractivity contribution in [2.45, 2.75) is 44.7 Å². The van der Waals surface area contributed by atoms with E-state index in [4.69, 9.17) is 5.11 Å². The molecule has 16 heavy (non-hydrogen) atoms. The molecule has 3 atom stereocenters. The predicted molar refractivity (Wildman–Crippen MR) is 54.7 cm³/mol. The summed E-state index contributed by atoms with van der Waals surface area (Å²) in [5.41, 5.74) is 0. The minimum absolute atomic E-state index is 0.0497. The molecule has 2 fully saturated rings. The van der Waals surface area contributed by atoms with Gasteiger partial charge >= 0.3 is 5.97 Å². The van der Waals surface area contributed by atoms with Crippen molar-refractivity contribution in [2.24, 2.45) is 5.92 Å². The van der Waals surface area contributed by atoms with E-state index in [0.29, 0.717) is 25.7 Å². The zero-order valence-electron chi connectivity index (χ0n) is 9.18. The minimum Gasteiger partial charge on any atom is -0.481 e. The molecule has 2 rings (SSSR count). The molecule has 2 heterocycles. The van der Waals surface area contributed by atoms with Gasteiger partial charge in [-0.15, -0.1) is 0 Å². The Bertz CT molecular complexity index is 334. The number of ketones is 1. The van der Waals surface area contributed by atoms with E-state index in [0.717, 1.165) is 0 Å². The molecule has 0 aromatic carbocycles. The molecular weight excluding hydrogens is 210 g/mol. The molecule has 1 unspecified atom stereocenters. The molecule has 0 aromatic rings. The number of hydrogen-bond acceptors (Lipinski definition) is 3. The maximum absolute atomic E-state index is 11.5. The standard InChI is InChI=1S/C11H15NO4/c1-6(13)12-8-2-7(11(15)16)3-9(12)5-10(14)4-8/h7-9H,2-5H2,1H3,(H,15,16)/t7?,8-,9+. The molecule has 5 heteroatoms. The molecule has 1 N–H and O–H groups in total. The first-order valence-electron chi connectivity index (χ1n) is 5.52. The minimum atomic E-state index is -0.812. The molecule has 2 bridgehead atoms. The van der Waals surface area contributed by atoms with Crippen LogP contribution in [0.25, 0.3) is 0 Å². The highest BCUT2D eigenvalue weighted by molar-refractivity contribution is 5.85. The lowest BCUT2D eigenvalue weighted by Gasteiger charge is -2.46. The Balaban J connectivity index is 2.21. The first-order chi connectivity index (χ1) is 7.49. The quantitative estimate of drug-likeness (QED) is 0.702. The van der Waals surface area contributed by atoms with Crippen LogP contribution in [-0.4, -0.2) is 39.7 Å². The van der Waals surface area contributed by atoms with Crippen LogP contribution >= 0.6 is 0 Å². The summed E-state index contributed by atoms with van der Waals surface area (Å²) in [5, 5.41) is 9.00. The predicted octanol–water partition coefficient (Wildman–Crippen LogP) is 0.430. The molecule has 2 saturated heterocycles. The van der Waals surface area contributed by atoms with Gasteiger partial charge in [0.15, 0.2) is 0 Å². The van der Waals surface area contributed by atoms with E-state index in [1.807, 2.05) is 0 Å². The van der Waals surface area contributed by atoms with E-state index in [2.05, 4.69) is 0 Å². The van der Waals surface area contributed by atoms with Crippen molar-refractivity contribution in [3.8, 4) is 0 Å². The number of fused-ring (bicyclic) bond motifs is 2. The van der Waals surface area contributed by atoms with Crippen LogP contribution < -0.4 is 0 Å². The van der Waals surface area contributed by atoms with Gasteiger partial charge in [-0.2, -0.15) is 0 Å². The second kappa shape index (κ2) is 3.88. The fraction of sp³-hybridized carbons (Fsp3) is 0.727. The second-order valence-electron chi connectivity index (χ2n) is 4.69. The number of carbonyl (C=O) groups is 3. The first kappa shape index (κ1) is 11.1. The average Bonchev–Trinajstić information content (AvgIpc) is 2.14. The largest absolute Gasteiger partial charge is 0.481 e. The Labute approximate surface area is 93.4 Å². The van der Waals surface area contributed by atoms with Crippen molar-refractivity contribution in [3.05, 3.63) is 0 Å². The molecule has 0 aliphatic carbocycles. The maximum Gasteiger partial charge on any atom is 0.306 e. The highest BCUT2D eigenvalue weighted by Crippen LogP contribution is 2.35. The maximum atomic E-state index is 11.5. The van der Waals surface area contributed by atoms with E-state index < -0.39 is 11.9 Å². The first-order valence-corrected chi connectivity index (χ1v) is 5.52. The summed E-state index contributed by atoms with van der Waals surface area (Å²) in [6, 6.07) is -0.391. The van der Waals surface area contributed by atoms with Gasteiger partial charge in [0.25, 0.3) is 0 Å². The summed E-state index contributed by atoms with van der Waals surface area (Å²) in [6.45, 7) is 1.48. The summed E-state index contributed by atoms with van der Waals surface area (Å²) >= 11 is 0. The third kappa shape index (κ3) is 1.81. The topological polar surface area (TPSA) is 74.7 Å². The normalized spacial score (nSPS) is 33.7. The van der Waals surface area contributed by atoms with Crippen LogP contribution in [0.3, 0.4) is 0 Å². The molecule has 0 radical (unpaired) electrons. The number of hydrogen-bond donors (Lipinski definition) is 1. The van der Waals surface area contributed by atoms with Gasteiger partial charge in [-0.05, 0) is 12.8 Å². The Morgan fingerprint density at radius 2 is 1.75 bits per heavy atom. The number of carboxylic acids is 1. The average molecular weight is 225 g/mol. The number of amides is 1. The van der Waals surface area contributed by atoms with E-state index in [9.17, 15) is 14.4 Å². The molecular formula is C11H15NO4. The highest BCUT2D eigenvalue weighted by atomic mass is 16.4. The third-order valence-electron chi connectivity index (χ3n) is 3.54. The molecule has 2 aliphatic rings. The number of rotatable bonds is 1. The monoisotopic (exact) mass is 225 g/mol. The van der Waals surface area contributed by atoms with E-state index in [1.165, 1.54) is 6.92 Å². The molecule has 5 nitrogen and oxygen atoms in total. The lowest BCUT2D eigenvalue weighted by molar-refractivity contribution is -0.154. The fourth-order valence-electron chi connectivity index (χ4n) is 2.97. The SMILES string of the molecule is CC(=O)N1[C@@H]2CC(=O)C[C@H]1CC(C(=O)O)C2. The number of aliphatic carboxylic acids is 1. The fourth-order valence-corrected chi connectivity index (χ4v) is 2.97. The third-order valence-corrected chi connectivity index (χ3v) is 3.54. The summed E-state index contributed by atoms with van der Waals surface area (Å²) < 4.78 is 0. The Morgan fingerprint density at radius 1 is 1.25 bits per heavy atom. The van der Waals surface area contributed by atoms with Gasteiger partial charge < -0.3 is 10.0 Å². The van der Waals surface area contributed by atoms with Gasteiger partial charge in [0.2, 0.25) is 5.91 Å². The summed E-state index contributed by atoms with van der Waals surface area (Å²) in [6.07, 6.45) is 1.47. The Kier molecular flexibility index (Phi) is 2.69. The van der Waals surface area contributed by atoms with E-state index in [1.54, 1.807) is 4.90 Å². The second-order valence-corrected chi connectivity index (χ2v) is 4.69. The van der Waals surface area contributed by atoms with Crippen molar-refractivity contribution < 1.29 is 19.5 Å². The van der Waals surface area contributed by atoms with Crippen molar-refractivity contribution in [2.75, 3.05) is 0 Å². The Hall–Kier alpha value is -1.39. The smallest absolute Gasteiger partial charge is 0.306 e. The van der Waals surface area contributed by atoms with Crippen LogP contribution in [0.4, 0.5) is 0 Å². The van der Waals surface area contributed by atoms with Crippen LogP contribution in [0, 0.1) is 5.92 Å². The zero-order chi connectivity index (χ0) is 11.9. The van der Waals surface area contributed by atoms with Crippen molar-refractivity contribution >= 4 is 17.7 Å². The molecule has 0 spiro atoms. The molecule has 88 valence electrons. The summed E-state index contributed by atoms with van der Waals surface area (Å²) in [5.74, 6) is -1.12. The lowest BCUT2D eigenvalue weighted by Crippen LogP contribution is -2.57. The molecule has 0 aromatic heterocycles. The summed E-state index contributed by atoms with van der Waals surface area (Å²) in [7, 11) is 0. The number of nitrogens with zero attached hydrogens (tertiary/aromatic N) is 1. The lowest BCUT2D eigenvalue weighted by atomic mass is 9.78. The molecule has 0 saturated carbocycles. The van der Waals surface area contributed by atoms with Crippen molar-refractivity contribution in [3.63, 3.8) is 0 Å². The Morgan fingerprint density at radius 3 is 2.12 bits per heavy atom. The molecule has 1 amide bonds. The van der Waals surface area contributed by atoms with Crippen molar-refractivity contribution in [1.29, 1.82) is 0 Å². The zero-order valence-corrected chi connectivity index (χ0v) is 9.18. The van der Waals surface area contributed by atoms with Crippen LogP contribution in [0.2, 0.25) is 0 Å². The van der Waals surface area contributed by atoms with Gasteiger partial charge in [-0.25, -0.2) is 0 Å². The van der Waals surface area contributed by atoms with Gasteiger partial charge in [-0.1, -0.05) is 0 Å². The van der Waals surface area contributed by atoms with Crippen LogP contribution in [-0.2, 0) is 14.4 Å². The van der Waals surface area contributed by atoms with Crippen LogP contribution in [0.1, 0.15) is 32.6 Å². The van der Waals surface area contributed by atoms with Gasteiger partial charge in [0.1, 0.15) is 5.78 Å². The number of Topliss-reactive ketones (excluding diaryl/α,β-unsaturated/α-hetero) is 1. The van der Waals surface area contributed by atoms with E-state index >= 15 is 0 Å². The summed E-state index contributed by atoms with van der Waals surface area (Å²) in [4.78, 5) is 35.6. The van der Waals surface area contributed by atoms with Crippen LogP contribution in [0.15, 0.2) is 0 Å². The van der Waals surface area contributed by atoms with E-state index in [-0.39, 0.29) is 23.8 Å².